The Labute approximate surface area is 258 Å². The second-order valence-corrected chi connectivity index (χ2v) is 13.4. The molecule has 1 atom stereocenters. The average Bonchev–Trinajstić information content (AvgIpc) is 3.82. The van der Waals surface area contributed by atoms with Gasteiger partial charge in [-0.2, -0.15) is 4.98 Å². The second-order valence-electron chi connectivity index (χ2n) is 13.4. The lowest BCUT2D eigenvalue weighted by molar-refractivity contribution is 0.0218. The van der Waals surface area contributed by atoms with E-state index in [4.69, 9.17) is 14.7 Å². The van der Waals surface area contributed by atoms with Crippen LogP contribution in [0.15, 0.2) is 47.7 Å². The number of rotatable bonds is 5. The first kappa shape index (κ1) is 29.7. The summed E-state index contributed by atoms with van der Waals surface area (Å²) in [6.07, 6.45) is 7.22. The maximum Gasteiger partial charge on any atom is 0.410 e. The highest BCUT2D eigenvalue weighted by molar-refractivity contribution is 5.92. The molecule has 0 N–H and O–H groups in total. The van der Waals surface area contributed by atoms with Gasteiger partial charge in [0.25, 0.3) is 0 Å². The van der Waals surface area contributed by atoms with E-state index in [0.717, 1.165) is 52.0 Å². The number of carbonyl (C=O) groups excluding carboxylic acids is 1. The number of fused-ring (bicyclic) bond motifs is 1. The molecule has 0 unspecified atom stereocenters. The summed E-state index contributed by atoms with van der Waals surface area (Å²) in [5.41, 5.74) is 4.94. The Hall–Kier alpha value is -4.34. The number of anilines is 1. The fourth-order valence-corrected chi connectivity index (χ4v) is 6.06. The first-order chi connectivity index (χ1) is 20.9. The molecule has 1 amide bonds. The van der Waals surface area contributed by atoms with Crippen LogP contribution in [0.4, 0.5) is 10.6 Å². The quantitative estimate of drug-likeness (QED) is 0.277. The molecule has 0 bridgehead atoms. The molecule has 10 nitrogen and oxygen atoms in total. The summed E-state index contributed by atoms with van der Waals surface area (Å²) in [6.45, 7) is 15.2. The van der Waals surface area contributed by atoms with Crippen molar-refractivity contribution in [3.63, 3.8) is 0 Å². The number of nitrogens with zero attached hydrogens (tertiary/aromatic N) is 7. The van der Waals surface area contributed by atoms with E-state index in [9.17, 15) is 9.59 Å². The first-order valence-electron chi connectivity index (χ1n) is 15.5. The Kier molecular flexibility index (Phi) is 7.63. The largest absolute Gasteiger partial charge is 0.444 e. The van der Waals surface area contributed by atoms with Crippen molar-refractivity contribution in [1.82, 2.24) is 29.4 Å². The molecule has 2 fully saturated rings. The number of aryl methyl sites for hydroxylation is 1. The number of hydrogen-bond donors (Lipinski definition) is 0. The smallest absolute Gasteiger partial charge is 0.410 e. The number of hydrogen-bond acceptors (Lipinski definition) is 8. The van der Waals surface area contributed by atoms with E-state index in [1.54, 1.807) is 21.9 Å². The van der Waals surface area contributed by atoms with E-state index in [-0.39, 0.29) is 18.1 Å². The van der Waals surface area contributed by atoms with Crippen molar-refractivity contribution in [2.45, 2.75) is 84.8 Å². The third kappa shape index (κ3) is 5.65. The van der Waals surface area contributed by atoms with E-state index in [1.165, 1.54) is 0 Å². The van der Waals surface area contributed by atoms with Gasteiger partial charge in [0.1, 0.15) is 11.4 Å². The van der Waals surface area contributed by atoms with Crippen LogP contribution >= 0.6 is 0 Å². The number of carbonyl (C=O) groups is 1. The lowest BCUT2D eigenvalue weighted by Gasteiger charge is -2.41. The summed E-state index contributed by atoms with van der Waals surface area (Å²) >= 11 is 0. The highest BCUT2D eigenvalue weighted by Crippen LogP contribution is 2.45. The lowest BCUT2D eigenvalue weighted by atomic mass is 10.0. The summed E-state index contributed by atoms with van der Waals surface area (Å²) < 4.78 is 7.29. The van der Waals surface area contributed by atoms with Gasteiger partial charge >= 0.3 is 11.8 Å². The number of ether oxygens (including phenoxy) is 1. The fourth-order valence-electron chi connectivity index (χ4n) is 6.06. The Morgan fingerprint density at radius 1 is 1.09 bits per heavy atom. The monoisotopic (exact) mass is 595 g/mol. The summed E-state index contributed by atoms with van der Waals surface area (Å²) in [5, 5.41) is 0.815. The molecule has 4 aromatic rings. The van der Waals surface area contributed by atoms with E-state index < -0.39 is 11.3 Å². The third-order valence-electron chi connectivity index (χ3n) is 8.31. The maximum atomic E-state index is 14.2. The van der Waals surface area contributed by atoms with Gasteiger partial charge in [-0.15, -0.1) is 0 Å². The van der Waals surface area contributed by atoms with Gasteiger partial charge in [-0.1, -0.05) is 13.8 Å². The van der Waals surface area contributed by atoms with Crippen molar-refractivity contribution >= 4 is 22.9 Å². The summed E-state index contributed by atoms with van der Waals surface area (Å²) in [4.78, 5) is 50.1. The zero-order chi connectivity index (χ0) is 31.3. The highest BCUT2D eigenvalue weighted by Gasteiger charge is 2.34. The minimum atomic E-state index is -0.574. The van der Waals surface area contributed by atoms with Crippen molar-refractivity contribution < 1.29 is 9.53 Å². The van der Waals surface area contributed by atoms with Gasteiger partial charge in [0.05, 0.1) is 22.5 Å². The van der Waals surface area contributed by atoms with E-state index in [0.29, 0.717) is 37.0 Å². The summed E-state index contributed by atoms with van der Waals surface area (Å²) in [6, 6.07) is 7.94. The predicted octanol–water partition coefficient (Wildman–Crippen LogP) is 5.99. The number of amides is 1. The molecular weight excluding hydrogens is 554 g/mol. The fraction of sp³-hybridized carbons (Fsp3) is 0.471. The minimum absolute atomic E-state index is 0.0796. The normalized spacial score (nSPS) is 17.4. The molecule has 44 heavy (non-hydrogen) atoms. The SMILES string of the molecule is Cc1ccnc(C(C)C)c1-n1c(=O)nc(N2CCN(C(=O)OC(C)(C)C)C[C@@H]2C)c2cc(C3CC3)c(-c3cccnc3)nc21. The van der Waals surface area contributed by atoms with Gasteiger partial charge in [0.15, 0.2) is 5.65 Å². The molecule has 0 spiro atoms. The van der Waals surface area contributed by atoms with Gasteiger partial charge in [0, 0.05) is 49.8 Å². The minimum Gasteiger partial charge on any atom is -0.444 e. The number of pyridine rings is 3. The van der Waals surface area contributed by atoms with E-state index in [1.807, 2.05) is 52.1 Å². The molecule has 2 aliphatic rings. The van der Waals surface area contributed by atoms with Crippen LogP contribution in [0.5, 0.6) is 0 Å². The van der Waals surface area contributed by atoms with Crippen LogP contribution in [0.1, 0.15) is 83.0 Å². The van der Waals surface area contributed by atoms with Crippen molar-refractivity contribution in [3.8, 4) is 16.9 Å². The highest BCUT2D eigenvalue weighted by atomic mass is 16.6. The van der Waals surface area contributed by atoms with Crippen LogP contribution in [0.2, 0.25) is 0 Å². The van der Waals surface area contributed by atoms with Crippen LogP contribution < -0.4 is 10.6 Å². The standard InChI is InChI=1S/C34H41N7O3/c1-20(2)27-29(21(3)12-14-36-27)41-31-26(17-25(23-10-11-23)28(37-31)24-9-8-13-35-18-24)30(38-32(41)42)40-16-15-39(19-22(40)4)33(43)44-34(5,6)7/h8-9,12-14,17-18,20,22-23H,10-11,15-16,19H2,1-7H3/t22-/m0/s1. The van der Waals surface area contributed by atoms with Gasteiger partial charge in [-0.3, -0.25) is 9.97 Å². The van der Waals surface area contributed by atoms with Crippen molar-refractivity contribution in [2.75, 3.05) is 24.5 Å². The molecule has 6 rings (SSSR count). The summed E-state index contributed by atoms with van der Waals surface area (Å²) in [7, 11) is 0. The summed E-state index contributed by atoms with van der Waals surface area (Å²) in [5.74, 6) is 1.07. The predicted molar refractivity (Wildman–Crippen MR) is 172 cm³/mol. The molecule has 1 aliphatic carbocycles. The number of aromatic nitrogens is 5. The van der Waals surface area contributed by atoms with Crippen LogP contribution in [-0.4, -0.2) is 66.8 Å². The Morgan fingerprint density at radius 3 is 2.50 bits per heavy atom. The first-order valence-corrected chi connectivity index (χ1v) is 15.5. The van der Waals surface area contributed by atoms with Crippen LogP contribution in [-0.2, 0) is 4.74 Å². The second kappa shape index (κ2) is 11.3. The Morgan fingerprint density at radius 2 is 1.86 bits per heavy atom. The molecule has 1 saturated carbocycles. The molecule has 0 aromatic carbocycles. The van der Waals surface area contributed by atoms with Crippen molar-refractivity contribution in [3.05, 3.63) is 70.2 Å². The van der Waals surface area contributed by atoms with Gasteiger partial charge in [-0.25, -0.2) is 19.1 Å². The van der Waals surface area contributed by atoms with Gasteiger partial charge in [-0.05, 0) is 94.7 Å². The van der Waals surface area contributed by atoms with E-state index in [2.05, 4.69) is 41.7 Å². The van der Waals surface area contributed by atoms with Crippen LogP contribution in [0.3, 0.4) is 0 Å². The molecule has 5 heterocycles. The zero-order valence-electron chi connectivity index (χ0n) is 26.7. The molecule has 1 aliphatic heterocycles. The Balaban J connectivity index is 1.56. The molecule has 4 aromatic heterocycles. The topological polar surface area (TPSA) is 106 Å². The molecule has 230 valence electrons. The van der Waals surface area contributed by atoms with Crippen molar-refractivity contribution in [1.29, 1.82) is 0 Å². The molecular formula is C34H41N7O3. The maximum absolute atomic E-state index is 14.2. The van der Waals surface area contributed by atoms with Crippen LogP contribution in [0, 0.1) is 6.92 Å². The van der Waals surface area contributed by atoms with Gasteiger partial charge < -0.3 is 14.5 Å². The van der Waals surface area contributed by atoms with Crippen molar-refractivity contribution in [2.24, 2.45) is 0 Å². The zero-order valence-corrected chi connectivity index (χ0v) is 26.7. The third-order valence-corrected chi connectivity index (χ3v) is 8.31. The molecule has 10 heteroatoms. The molecule has 1 saturated heterocycles. The number of piperazine rings is 1. The van der Waals surface area contributed by atoms with E-state index >= 15 is 0 Å². The van der Waals surface area contributed by atoms with Crippen LogP contribution in [0.25, 0.3) is 28.0 Å². The van der Waals surface area contributed by atoms with Gasteiger partial charge in [0.2, 0.25) is 0 Å². The lowest BCUT2D eigenvalue weighted by Crippen LogP contribution is -2.55. The molecule has 0 radical (unpaired) electrons. The Bertz CT molecular complexity index is 1770. The average molecular weight is 596 g/mol.